The third kappa shape index (κ3) is 3.02. The van der Waals surface area contributed by atoms with Crippen LogP contribution in [0.4, 0.5) is 4.39 Å². The Morgan fingerprint density at radius 1 is 1.28 bits per heavy atom. The summed E-state index contributed by atoms with van der Waals surface area (Å²) in [7, 11) is 0. The number of hydrogen-bond acceptors (Lipinski definition) is 3. The number of benzene rings is 1. The molecule has 0 aliphatic rings. The number of rotatable bonds is 4. The highest BCUT2D eigenvalue weighted by atomic mass is 35.5. The molecule has 2 nitrogen and oxygen atoms in total. The maximum absolute atomic E-state index is 13.4. The Morgan fingerprint density at radius 2 is 2.06 bits per heavy atom. The summed E-state index contributed by atoms with van der Waals surface area (Å²) in [6.45, 7) is 0. The molecule has 0 aliphatic carbocycles. The summed E-state index contributed by atoms with van der Waals surface area (Å²) < 4.78 is 14.1. The van der Waals surface area contributed by atoms with Gasteiger partial charge in [-0.05, 0) is 23.8 Å². The van der Waals surface area contributed by atoms with E-state index in [1.165, 1.54) is 17.4 Å². The molecule has 1 aromatic heterocycles. The number of nitrogens with two attached hydrogens (primary N) is 1. The Balaban J connectivity index is 2.25. The van der Waals surface area contributed by atoms with Crippen LogP contribution in [-0.2, 0) is 6.42 Å². The highest BCUT2D eigenvalue weighted by molar-refractivity contribution is 7.16. The van der Waals surface area contributed by atoms with Gasteiger partial charge in [-0.15, -0.1) is 11.3 Å². The molecule has 0 spiro atoms. The van der Waals surface area contributed by atoms with Crippen LogP contribution in [0.25, 0.3) is 0 Å². The van der Waals surface area contributed by atoms with Crippen LogP contribution < -0.4 is 11.3 Å². The molecule has 0 radical (unpaired) electrons. The Labute approximate surface area is 118 Å². The van der Waals surface area contributed by atoms with E-state index in [4.69, 9.17) is 29.0 Å². The molecule has 0 saturated heterocycles. The lowest BCUT2D eigenvalue weighted by Gasteiger charge is -2.17. The van der Waals surface area contributed by atoms with Crippen LogP contribution >= 0.6 is 34.5 Å². The van der Waals surface area contributed by atoms with E-state index in [-0.39, 0.29) is 11.1 Å². The van der Waals surface area contributed by atoms with Crippen molar-refractivity contribution in [3.05, 3.63) is 55.9 Å². The predicted octanol–water partition coefficient (Wildman–Crippen LogP) is 3.94. The molecule has 2 aromatic rings. The van der Waals surface area contributed by atoms with E-state index >= 15 is 0 Å². The molecule has 2 rings (SSSR count). The quantitative estimate of drug-likeness (QED) is 0.663. The van der Waals surface area contributed by atoms with Gasteiger partial charge in [-0.25, -0.2) is 4.39 Å². The summed E-state index contributed by atoms with van der Waals surface area (Å²) in [5, 5.41) is 0.100. The molecular weight excluding hydrogens is 294 g/mol. The highest BCUT2D eigenvalue weighted by Gasteiger charge is 2.17. The number of halogens is 3. The lowest BCUT2D eigenvalue weighted by Crippen LogP contribution is -2.29. The first-order valence-electron chi connectivity index (χ1n) is 5.26. The van der Waals surface area contributed by atoms with Crippen molar-refractivity contribution in [3.8, 4) is 0 Å². The lowest BCUT2D eigenvalue weighted by atomic mass is 10.0. The van der Waals surface area contributed by atoms with Crippen molar-refractivity contribution < 1.29 is 4.39 Å². The second-order valence-electron chi connectivity index (χ2n) is 3.77. The first-order chi connectivity index (χ1) is 8.61. The van der Waals surface area contributed by atoms with E-state index < -0.39 is 5.82 Å². The lowest BCUT2D eigenvalue weighted by molar-refractivity contribution is 0.548. The van der Waals surface area contributed by atoms with Crippen LogP contribution in [0.3, 0.4) is 0 Å². The fourth-order valence-electron chi connectivity index (χ4n) is 1.71. The maximum atomic E-state index is 13.4. The van der Waals surface area contributed by atoms with Crippen LogP contribution in [0.1, 0.15) is 16.5 Å². The maximum Gasteiger partial charge on any atom is 0.142 e. The normalized spacial score (nSPS) is 12.7. The third-order valence-corrected chi connectivity index (χ3v) is 4.24. The summed E-state index contributed by atoms with van der Waals surface area (Å²) in [4.78, 5) is 1.06. The monoisotopic (exact) mass is 304 g/mol. The van der Waals surface area contributed by atoms with Crippen molar-refractivity contribution in [2.75, 3.05) is 0 Å². The molecule has 0 fully saturated rings. The van der Waals surface area contributed by atoms with Gasteiger partial charge in [0.05, 0.1) is 15.4 Å². The second-order valence-corrected chi connectivity index (χ2v) is 5.95. The van der Waals surface area contributed by atoms with E-state index in [1.54, 1.807) is 12.1 Å². The molecule has 3 N–H and O–H groups in total. The molecule has 6 heteroatoms. The predicted molar refractivity (Wildman–Crippen MR) is 74.5 cm³/mol. The van der Waals surface area contributed by atoms with Crippen molar-refractivity contribution in [3.63, 3.8) is 0 Å². The van der Waals surface area contributed by atoms with Crippen LogP contribution in [0.2, 0.25) is 9.36 Å². The summed E-state index contributed by atoms with van der Waals surface area (Å²) in [6.07, 6.45) is 0.608. The van der Waals surface area contributed by atoms with Gasteiger partial charge in [-0.2, -0.15) is 0 Å². The van der Waals surface area contributed by atoms with Crippen molar-refractivity contribution in [1.82, 2.24) is 5.43 Å². The van der Waals surface area contributed by atoms with Crippen LogP contribution in [0.15, 0.2) is 30.3 Å². The van der Waals surface area contributed by atoms with Gasteiger partial charge in [0.25, 0.3) is 0 Å². The van der Waals surface area contributed by atoms with Crippen LogP contribution in [0, 0.1) is 5.82 Å². The Morgan fingerprint density at radius 3 is 2.67 bits per heavy atom. The molecular formula is C12H11Cl2FN2S. The van der Waals surface area contributed by atoms with Crippen LogP contribution in [-0.4, -0.2) is 0 Å². The number of hydrogen-bond donors (Lipinski definition) is 2. The second kappa shape index (κ2) is 5.99. The van der Waals surface area contributed by atoms with Crippen LogP contribution in [0.5, 0.6) is 0 Å². The minimum atomic E-state index is -0.446. The van der Waals surface area contributed by atoms with E-state index in [0.717, 1.165) is 4.88 Å². The summed E-state index contributed by atoms with van der Waals surface area (Å²) in [6, 6.07) is 8.18. The smallest absolute Gasteiger partial charge is 0.142 e. The minimum absolute atomic E-state index is 0.100. The molecule has 1 atom stereocenters. The first-order valence-corrected chi connectivity index (χ1v) is 6.83. The Hall–Kier alpha value is -0.650. The van der Waals surface area contributed by atoms with E-state index in [2.05, 4.69) is 5.43 Å². The highest BCUT2D eigenvalue weighted by Crippen LogP contribution is 2.30. The van der Waals surface area contributed by atoms with E-state index in [1.807, 2.05) is 12.1 Å². The van der Waals surface area contributed by atoms with Crippen molar-refractivity contribution >= 4 is 34.5 Å². The SMILES string of the molecule is NNC(Cc1ccc(Cl)s1)c1cccc(F)c1Cl. The standard InChI is InChI=1S/C12H11Cl2FN2S/c13-11-5-4-7(18-11)6-10(17-16)8-2-1-3-9(15)12(8)14/h1-5,10,17H,6,16H2. The van der Waals surface area contributed by atoms with Gasteiger partial charge in [-0.3, -0.25) is 11.3 Å². The number of thiophene rings is 1. The fourth-order valence-corrected chi connectivity index (χ4v) is 3.10. The van der Waals surface area contributed by atoms with Gasteiger partial charge in [0.1, 0.15) is 5.82 Å². The van der Waals surface area contributed by atoms with Gasteiger partial charge in [-0.1, -0.05) is 35.3 Å². The number of hydrazine groups is 1. The van der Waals surface area contributed by atoms with Gasteiger partial charge in [0.15, 0.2) is 0 Å². The molecule has 1 heterocycles. The zero-order valence-electron chi connectivity index (χ0n) is 9.29. The Bertz CT molecular complexity index is 545. The van der Waals surface area contributed by atoms with E-state index in [9.17, 15) is 4.39 Å². The van der Waals surface area contributed by atoms with Gasteiger partial charge < -0.3 is 0 Å². The minimum Gasteiger partial charge on any atom is -0.271 e. The summed E-state index contributed by atoms with van der Waals surface area (Å²) in [5.74, 6) is 5.07. The zero-order valence-corrected chi connectivity index (χ0v) is 11.6. The third-order valence-electron chi connectivity index (χ3n) is 2.59. The topological polar surface area (TPSA) is 38.0 Å². The molecule has 1 unspecified atom stereocenters. The summed E-state index contributed by atoms with van der Waals surface area (Å²) >= 11 is 13.3. The number of nitrogens with one attached hydrogen (secondary N) is 1. The molecule has 0 bridgehead atoms. The average molecular weight is 305 g/mol. The molecule has 0 aliphatic heterocycles. The first kappa shape index (κ1) is 13.8. The van der Waals surface area contributed by atoms with E-state index in [0.29, 0.717) is 16.3 Å². The van der Waals surface area contributed by atoms with Gasteiger partial charge >= 0.3 is 0 Å². The molecule has 96 valence electrons. The molecule has 18 heavy (non-hydrogen) atoms. The van der Waals surface area contributed by atoms with Crippen molar-refractivity contribution in [2.24, 2.45) is 5.84 Å². The Kier molecular flexibility index (Phi) is 4.59. The molecule has 0 amide bonds. The van der Waals surface area contributed by atoms with Gasteiger partial charge in [0, 0.05) is 11.3 Å². The van der Waals surface area contributed by atoms with Crippen molar-refractivity contribution in [2.45, 2.75) is 12.5 Å². The zero-order chi connectivity index (χ0) is 13.1. The van der Waals surface area contributed by atoms with Gasteiger partial charge in [0.2, 0.25) is 0 Å². The average Bonchev–Trinajstić information content (AvgIpc) is 2.76. The fraction of sp³-hybridized carbons (Fsp3) is 0.167. The summed E-state index contributed by atoms with van der Waals surface area (Å²) in [5.41, 5.74) is 3.30. The van der Waals surface area contributed by atoms with Crippen molar-refractivity contribution in [1.29, 1.82) is 0 Å². The molecule has 0 saturated carbocycles. The molecule has 1 aromatic carbocycles. The largest absolute Gasteiger partial charge is 0.271 e.